The van der Waals surface area contributed by atoms with Gasteiger partial charge in [-0.1, -0.05) is 24.5 Å². The number of anilines is 1. The molecule has 43 heavy (non-hydrogen) atoms. The van der Waals surface area contributed by atoms with Crippen molar-refractivity contribution in [1.29, 1.82) is 0 Å². The molecular formula is C31H31F6NO5. The fourth-order valence-corrected chi connectivity index (χ4v) is 6.56. The standard InChI is InChI=1S/C31H31F6NO5/c1-3-4-17-10-23-27(24-15-42-25(26(17)24)8-5-16(2)9-21-6-7-22(14-39)43-21)29(41)38(28(23)40)20-12-18(30(32,33)34)11-19(13-20)31(35,36)37/h6-7,9,11-13,23-25,27,39H,3-5,8,10,14-15H2,1-2H3/b16-9+/t23-,24+,25-,27-/m1/s1. The average Bonchev–Trinajstić information content (AvgIpc) is 3.63. The van der Waals surface area contributed by atoms with E-state index >= 15 is 0 Å². The van der Waals surface area contributed by atoms with Crippen LogP contribution >= 0.6 is 0 Å². The van der Waals surface area contributed by atoms with E-state index in [9.17, 15) is 41.0 Å². The Hall–Kier alpha value is -3.38. The molecule has 0 radical (unpaired) electrons. The maximum atomic E-state index is 13.7. The van der Waals surface area contributed by atoms with Gasteiger partial charge < -0.3 is 14.3 Å². The van der Waals surface area contributed by atoms with E-state index in [2.05, 4.69) is 0 Å². The predicted molar refractivity (Wildman–Crippen MR) is 143 cm³/mol. The lowest BCUT2D eigenvalue weighted by atomic mass is 9.68. The quantitative estimate of drug-likeness (QED) is 0.192. The first kappa shape index (κ1) is 31.1. The number of amides is 2. The lowest BCUT2D eigenvalue weighted by molar-refractivity contribution is -0.143. The van der Waals surface area contributed by atoms with Crippen molar-refractivity contribution in [2.75, 3.05) is 11.5 Å². The largest absolute Gasteiger partial charge is 0.459 e. The Labute approximate surface area is 244 Å². The SMILES string of the molecule is CCCC1=C2[C@@H](CC/C(C)=C/c3ccc(CO)o3)OC[C@@H]2[C@@H]2C(=O)N(c3cc(C(F)(F)F)cc(C(F)(F)F)c3)C(=O)[C@@H]2C1. The number of carbonyl (C=O) groups is 2. The third kappa shape index (κ3) is 6.04. The molecule has 0 unspecified atom stereocenters. The zero-order valence-corrected chi connectivity index (χ0v) is 23.5. The Morgan fingerprint density at radius 3 is 2.28 bits per heavy atom. The van der Waals surface area contributed by atoms with E-state index in [1.54, 1.807) is 12.1 Å². The first-order valence-corrected chi connectivity index (χ1v) is 14.1. The van der Waals surface area contributed by atoms with Gasteiger partial charge in [0.15, 0.2) is 0 Å². The lowest BCUT2D eigenvalue weighted by Crippen LogP contribution is -2.34. The zero-order chi connectivity index (χ0) is 31.3. The molecule has 0 saturated carbocycles. The molecule has 232 valence electrons. The molecule has 12 heteroatoms. The van der Waals surface area contributed by atoms with E-state index in [1.807, 2.05) is 19.9 Å². The highest BCUT2D eigenvalue weighted by molar-refractivity contribution is 6.22. The predicted octanol–water partition coefficient (Wildman–Crippen LogP) is 7.31. The Balaban J connectivity index is 1.42. The van der Waals surface area contributed by atoms with Crippen molar-refractivity contribution in [3.8, 4) is 0 Å². The molecule has 6 nitrogen and oxygen atoms in total. The van der Waals surface area contributed by atoms with Gasteiger partial charge in [0.2, 0.25) is 11.8 Å². The summed E-state index contributed by atoms with van der Waals surface area (Å²) in [6, 6.07) is 4.25. The number of rotatable bonds is 8. The number of ether oxygens (including phenoxy) is 1. The summed E-state index contributed by atoms with van der Waals surface area (Å²) in [5.41, 5.74) is -1.05. The third-order valence-electron chi connectivity index (χ3n) is 8.42. The number of benzene rings is 1. The monoisotopic (exact) mass is 611 g/mol. The summed E-state index contributed by atoms with van der Waals surface area (Å²) in [5, 5.41) is 9.21. The van der Waals surface area contributed by atoms with Crippen molar-refractivity contribution in [3.05, 3.63) is 69.7 Å². The molecule has 1 aromatic heterocycles. The molecule has 2 aromatic rings. The molecule has 3 heterocycles. The van der Waals surface area contributed by atoms with E-state index < -0.39 is 58.7 Å². The van der Waals surface area contributed by atoms with Gasteiger partial charge in [-0.15, -0.1) is 0 Å². The van der Waals surface area contributed by atoms with E-state index in [-0.39, 0.29) is 31.8 Å². The van der Waals surface area contributed by atoms with Gasteiger partial charge in [0.25, 0.3) is 0 Å². The van der Waals surface area contributed by atoms with Crippen LogP contribution in [-0.4, -0.2) is 29.6 Å². The van der Waals surface area contributed by atoms with Crippen LogP contribution in [0.1, 0.15) is 68.6 Å². The number of hydrogen-bond acceptors (Lipinski definition) is 5. The fourth-order valence-electron chi connectivity index (χ4n) is 6.56. The molecule has 0 bridgehead atoms. The normalized spacial score (nSPS) is 24.7. The summed E-state index contributed by atoms with van der Waals surface area (Å²) in [5.74, 6) is -2.89. The van der Waals surface area contributed by atoms with Crippen LogP contribution in [0.25, 0.3) is 6.08 Å². The van der Waals surface area contributed by atoms with Crippen LogP contribution in [0.2, 0.25) is 0 Å². The van der Waals surface area contributed by atoms with Gasteiger partial charge in [-0.2, -0.15) is 26.3 Å². The van der Waals surface area contributed by atoms with E-state index in [4.69, 9.17) is 9.15 Å². The maximum Gasteiger partial charge on any atom is 0.416 e. The van der Waals surface area contributed by atoms with Crippen LogP contribution in [0.3, 0.4) is 0 Å². The number of imide groups is 1. The zero-order valence-electron chi connectivity index (χ0n) is 23.5. The maximum absolute atomic E-state index is 13.7. The summed E-state index contributed by atoms with van der Waals surface area (Å²) in [7, 11) is 0. The molecule has 2 aliphatic heterocycles. The molecule has 3 aliphatic rings. The number of carbonyl (C=O) groups excluding carboxylic acids is 2. The number of furan rings is 1. The number of aliphatic hydroxyl groups excluding tert-OH is 1. The number of halogens is 6. The minimum atomic E-state index is -5.12. The van der Waals surface area contributed by atoms with Gasteiger partial charge in [-0.25, -0.2) is 4.90 Å². The van der Waals surface area contributed by atoms with E-state index in [1.165, 1.54) is 0 Å². The molecule has 5 rings (SSSR count). The molecule has 4 atom stereocenters. The van der Waals surface area contributed by atoms with Crippen molar-refractivity contribution in [1.82, 2.24) is 0 Å². The molecular weight excluding hydrogens is 580 g/mol. The summed E-state index contributed by atoms with van der Waals surface area (Å²) in [6.07, 6.45) is -5.97. The number of allylic oxidation sites excluding steroid dienone is 2. The summed E-state index contributed by atoms with van der Waals surface area (Å²) < 4.78 is 92.9. The highest BCUT2D eigenvalue weighted by Gasteiger charge is 2.57. The Kier molecular flexibility index (Phi) is 8.38. The molecule has 1 aliphatic carbocycles. The molecule has 0 spiro atoms. The molecule has 1 aromatic carbocycles. The average molecular weight is 612 g/mol. The Bertz CT molecular complexity index is 1440. The van der Waals surface area contributed by atoms with E-state index in [0.717, 1.165) is 23.1 Å². The van der Waals surface area contributed by atoms with Gasteiger partial charge in [-0.3, -0.25) is 9.59 Å². The number of fused-ring (bicyclic) bond motifs is 3. The van der Waals surface area contributed by atoms with Gasteiger partial charge in [-0.05, 0) is 74.6 Å². The second-order valence-electron chi connectivity index (χ2n) is 11.3. The minimum absolute atomic E-state index is 0.0239. The van der Waals surface area contributed by atoms with Crippen molar-refractivity contribution in [2.45, 2.75) is 71.0 Å². The number of hydrogen-bond donors (Lipinski definition) is 1. The summed E-state index contributed by atoms with van der Waals surface area (Å²) in [4.78, 5) is 27.8. The van der Waals surface area contributed by atoms with E-state index in [0.29, 0.717) is 47.8 Å². The first-order chi connectivity index (χ1) is 20.2. The van der Waals surface area contributed by atoms with Crippen molar-refractivity contribution in [2.24, 2.45) is 17.8 Å². The number of nitrogens with zero attached hydrogens (tertiary/aromatic N) is 1. The van der Waals surface area contributed by atoms with Crippen LogP contribution < -0.4 is 4.90 Å². The first-order valence-electron chi connectivity index (χ1n) is 14.1. The van der Waals surface area contributed by atoms with Crippen LogP contribution in [-0.2, 0) is 33.3 Å². The van der Waals surface area contributed by atoms with Gasteiger partial charge in [0.1, 0.15) is 18.1 Å². The molecule has 2 amide bonds. The van der Waals surface area contributed by atoms with Crippen LogP contribution in [0, 0.1) is 17.8 Å². The summed E-state index contributed by atoms with van der Waals surface area (Å²) >= 11 is 0. The highest BCUT2D eigenvalue weighted by Crippen LogP contribution is 2.52. The van der Waals surface area contributed by atoms with Gasteiger partial charge in [0, 0.05) is 5.92 Å². The molecule has 1 N–H and O–H groups in total. The topological polar surface area (TPSA) is 80.0 Å². The lowest BCUT2D eigenvalue weighted by Gasteiger charge is -2.31. The van der Waals surface area contributed by atoms with Crippen molar-refractivity contribution < 1.29 is 50.2 Å². The second-order valence-corrected chi connectivity index (χ2v) is 11.3. The van der Waals surface area contributed by atoms with Gasteiger partial charge in [0.05, 0.1) is 41.4 Å². The molecule has 2 fully saturated rings. The number of alkyl halides is 6. The summed E-state index contributed by atoms with van der Waals surface area (Å²) in [6.45, 7) is 3.80. The number of aliphatic hydroxyl groups is 1. The van der Waals surface area contributed by atoms with Crippen LogP contribution in [0.15, 0.2) is 51.5 Å². The smallest absolute Gasteiger partial charge is 0.416 e. The van der Waals surface area contributed by atoms with Crippen molar-refractivity contribution >= 4 is 23.6 Å². The molecule has 2 saturated heterocycles. The minimum Gasteiger partial charge on any atom is -0.459 e. The van der Waals surface area contributed by atoms with Crippen LogP contribution in [0.4, 0.5) is 32.0 Å². The Morgan fingerprint density at radius 1 is 1.02 bits per heavy atom. The Morgan fingerprint density at radius 2 is 1.70 bits per heavy atom. The third-order valence-corrected chi connectivity index (χ3v) is 8.42. The fraction of sp³-hybridized carbons (Fsp3) is 0.484. The van der Waals surface area contributed by atoms with Crippen molar-refractivity contribution in [3.63, 3.8) is 0 Å². The second kappa shape index (κ2) is 11.6. The van der Waals surface area contributed by atoms with Gasteiger partial charge >= 0.3 is 12.4 Å². The van der Waals surface area contributed by atoms with Crippen LogP contribution in [0.5, 0.6) is 0 Å². The highest BCUT2D eigenvalue weighted by atomic mass is 19.4.